The second-order valence-electron chi connectivity index (χ2n) is 3.89. The maximum Gasteiger partial charge on any atom is 0.313 e. The lowest BCUT2D eigenvalue weighted by atomic mass is 10.2. The Labute approximate surface area is 115 Å². The zero-order valence-corrected chi connectivity index (χ0v) is 11.3. The average molecular weight is 278 g/mol. The Morgan fingerprint density at radius 1 is 1.37 bits per heavy atom. The largest absolute Gasteiger partial charge is 0.481 e. The molecule has 0 radical (unpaired) electrons. The van der Waals surface area contributed by atoms with Crippen LogP contribution in [0.2, 0.25) is 0 Å². The van der Waals surface area contributed by atoms with Gasteiger partial charge in [0, 0.05) is 18.9 Å². The number of hydrogen-bond acceptors (Lipinski definition) is 5. The molecule has 0 amide bonds. The summed E-state index contributed by atoms with van der Waals surface area (Å²) < 4.78 is 5.01. The fourth-order valence-electron chi connectivity index (χ4n) is 1.64. The predicted octanol–water partition coefficient (Wildman–Crippen LogP) is 2.00. The molecule has 1 aromatic carbocycles. The van der Waals surface area contributed by atoms with Crippen LogP contribution in [-0.2, 0) is 16.0 Å². The van der Waals surface area contributed by atoms with Gasteiger partial charge in [-0.05, 0) is 6.07 Å². The molecule has 100 valence electrons. The molecule has 0 unspecified atom stereocenters. The van der Waals surface area contributed by atoms with Crippen molar-refractivity contribution in [1.29, 1.82) is 0 Å². The molecule has 0 aliphatic rings. The Balaban J connectivity index is 2.36. The van der Waals surface area contributed by atoms with Gasteiger partial charge < -0.3 is 9.84 Å². The van der Waals surface area contributed by atoms with Gasteiger partial charge in [-0.25, -0.2) is 9.97 Å². The number of aromatic nitrogens is 2. The summed E-state index contributed by atoms with van der Waals surface area (Å²) in [5, 5.41) is 10.4. The topological polar surface area (TPSA) is 72.3 Å². The van der Waals surface area contributed by atoms with E-state index in [1.165, 1.54) is 11.8 Å². The number of ether oxygens (including phenoxy) is 1. The van der Waals surface area contributed by atoms with Crippen molar-refractivity contribution < 1.29 is 14.6 Å². The van der Waals surface area contributed by atoms with Crippen molar-refractivity contribution in [2.24, 2.45) is 0 Å². The van der Waals surface area contributed by atoms with E-state index in [0.29, 0.717) is 23.9 Å². The van der Waals surface area contributed by atoms with Crippen LogP contribution >= 0.6 is 11.8 Å². The van der Waals surface area contributed by atoms with Crippen molar-refractivity contribution >= 4 is 28.6 Å². The molecule has 6 heteroatoms. The fourth-order valence-corrected chi connectivity index (χ4v) is 2.40. The van der Waals surface area contributed by atoms with Gasteiger partial charge in [-0.3, -0.25) is 4.79 Å². The van der Waals surface area contributed by atoms with E-state index >= 15 is 0 Å². The first-order valence-corrected chi connectivity index (χ1v) is 6.78. The molecule has 0 atom stereocenters. The number of hydrogen-bond donors (Lipinski definition) is 1. The highest BCUT2D eigenvalue weighted by atomic mass is 32.2. The van der Waals surface area contributed by atoms with Gasteiger partial charge in [-0.2, -0.15) is 0 Å². The van der Waals surface area contributed by atoms with E-state index in [0.717, 1.165) is 10.9 Å². The summed E-state index contributed by atoms with van der Waals surface area (Å²) in [7, 11) is 1.63. The lowest BCUT2D eigenvalue weighted by Crippen LogP contribution is -2.04. The van der Waals surface area contributed by atoms with Crippen LogP contribution in [0, 0.1) is 0 Å². The Bertz CT molecular complexity index is 589. The highest BCUT2D eigenvalue weighted by Crippen LogP contribution is 2.25. The quantitative estimate of drug-likeness (QED) is 0.643. The van der Waals surface area contributed by atoms with E-state index in [1.54, 1.807) is 7.11 Å². The molecule has 0 saturated carbocycles. The molecule has 0 spiro atoms. The molecule has 1 aromatic heterocycles. The van der Waals surface area contributed by atoms with Crippen LogP contribution in [0.4, 0.5) is 0 Å². The molecular weight excluding hydrogens is 264 g/mol. The molecule has 0 saturated heterocycles. The average Bonchev–Trinajstić information content (AvgIpc) is 2.42. The molecular formula is C13H14N2O3S. The highest BCUT2D eigenvalue weighted by molar-refractivity contribution is 8.00. The summed E-state index contributed by atoms with van der Waals surface area (Å²) in [5.41, 5.74) is 0.830. The zero-order chi connectivity index (χ0) is 13.7. The number of rotatable bonds is 6. The highest BCUT2D eigenvalue weighted by Gasteiger charge is 2.09. The van der Waals surface area contributed by atoms with E-state index in [1.807, 2.05) is 24.3 Å². The van der Waals surface area contributed by atoms with Gasteiger partial charge in [0.15, 0.2) is 0 Å². The van der Waals surface area contributed by atoms with Crippen LogP contribution in [0.1, 0.15) is 5.82 Å². The van der Waals surface area contributed by atoms with Crippen LogP contribution in [0.25, 0.3) is 10.9 Å². The molecule has 2 rings (SSSR count). The first kappa shape index (κ1) is 13.8. The molecule has 19 heavy (non-hydrogen) atoms. The van der Waals surface area contributed by atoms with Gasteiger partial charge in [0.1, 0.15) is 10.9 Å². The van der Waals surface area contributed by atoms with E-state index in [9.17, 15) is 4.79 Å². The number of thioether (sulfide) groups is 1. The van der Waals surface area contributed by atoms with Crippen LogP contribution in [0.5, 0.6) is 0 Å². The maximum atomic E-state index is 10.7. The molecule has 1 heterocycles. The van der Waals surface area contributed by atoms with Gasteiger partial charge in [0.25, 0.3) is 0 Å². The predicted molar refractivity (Wildman–Crippen MR) is 73.5 cm³/mol. The number of carbonyl (C=O) groups is 1. The van der Waals surface area contributed by atoms with Gasteiger partial charge in [-0.15, -0.1) is 0 Å². The summed E-state index contributed by atoms with van der Waals surface area (Å²) in [6.07, 6.45) is 0.613. The number of fused-ring (bicyclic) bond motifs is 1. The van der Waals surface area contributed by atoms with Gasteiger partial charge in [-0.1, -0.05) is 30.0 Å². The second kappa shape index (κ2) is 6.49. The van der Waals surface area contributed by atoms with Crippen molar-refractivity contribution in [2.75, 3.05) is 19.5 Å². The van der Waals surface area contributed by atoms with Crippen LogP contribution < -0.4 is 0 Å². The van der Waals surface area contributed by atoms with Crippen LogP contribution in [-0.4, -0.2) is 40.5 Å². The Kier molecular flexibility index (Phi) is 4.70. The summed E-state index contributed by atoms with van der Waals surface area (Å²) >= 11 is 1.21. The summed E-state index contributed by atoms with van der Waals surface area (Å²) in [5.74, 6) is -0.190. The van der Waals surface area contributed by atoms with E-state index in [-0.39, 0.29) is 5.75 Å². The minimum atomic E-state index is -0.855. The summed E-state index contributed by atoms with van der Waals surface area (Å²) in [6, 6.07) is 7.60. The second-order valence-corrected chi connectivity index (χ2v) is 4.85. The van der Waals surface area contributed by atoms with Crippen LogP contribution in [0.3, 0.4) is 0 Å². The minimum absolute atomic E-state index is 0.00920. The third kappa shape index (κ3) is 3.65. The molecule has 0 bridgehead atoms. The molecule has 0 aliphatic carbocycles. The maximum absolute atomic E-state index is 10.7. The Hall–Kier alpha value is -1.66. The first-order chi connectivity index (χ1) is 9.20. The SMILES string of the molecule is COCCc1nc(SCC(=O)O)c2ccccc2n1. The fraction of sp³-hybridized carbons (Fsp3) is 0.308. The number of carboxylic acid groups (broad SMARTS) is 1. The lowest BCUT2D eigenvalue weighted by molar-refractivity contribution is -0.133. The number of carboxylic acids is 1. The summed E-state index contributed by atoms with van der Waals surface area (Å²) in [6.45, 7) is 0.543. The van der Waals surface area contributed by atoms with Crippen molar-refractivity contribution in [1.82, 2.24) is 9.97 Å². The van der Waals surface area contributed by atoms with Gasteiger partial charge >= 0.3 is 5.97 Å². The van der Waals surface area contributed by atoms with Crippen molar-refractivity contribution in [3.63, 3.8) is 0 Å². The normalized spacial score (nSPS) is 10.8. The van der Waals surface area contributed by atoms with Gasteiger partial charge in [0.2, 0.25) is 0 Å². The van der Waals surface area contributed by atoms with Gasteiger partial charge in [0.05, 0.1) is 17.9 Å². The van der Waals surface area contributed by atoms with Crippen molar-refractivity contribution in [3.8, 4) is 0 Å². The smallest absolute Gasteiger partial charge is 0.313 e. The molecule has 0 fully saturated rings. The number of para-hydroxylation sites is 1. The van der Waals surface area contributed by atoms with E-state index in [2.05, 4.69) is 9.97 Å². The minimum Gasteiger partial charge on any atom is -0.481 e. The zero-order valence-electron chi connectivity index (χ0n) is 10.5. The standard InChI is InChI=1S/C13H14N2O3S/c1-18-7-6-11-14-10-5-3-2-4-9(10)13(15-11)19-8-12(16)17/h2-5H,6-8H2,1H3,(H,16,17). The summed E-state index contributed by atoms with van der Waals surface area (Å²) in [4.78, 5) is 19.5. The first-order valence-electron chi connectivity index (χ1n) is 5.80. The molecule has 0 aliphatic heterocycles. The third-order valence-corrected chi connectivity index (χ3v) is 3.45. The van der Waals surface area contributed by atoms with Crippen molar-refractivity contribution in [3.05, 3.63) is 30.1 Å². The molecule has 5 nitrogen and oxygen atoms in total. The Morgan fingerprint density at radius 2 is 2.16 bits per heavy atom. The van der Waals surface area contributed by atoms with E-state index in [4.69, 9.17) is 9.84 Å². The Morgan fingerprint density at radius 3 is 2.89 bits per heavy atom. The van der Waals surface area contributed by atoms with E-state index < -0.39 is 5.97 Å². The molecule has 2 aromatic rings. The number of benzene rings is 1. The number of methoxy groups -OCH3 is 1. The van der Waals surface area contributed by atoms with Crippen molar-refractivity contribution in [2.45, 2.75) is 11.4 Å². The number of aliphatic carboxylic acids is 1. The van der Waals surface area contributed by atoms with Crippen LogP contribution in [0.15, 0.2) is 29.3 Å². The lowest BCUT2D eigenvalue weighted by Gasteiger charge is -2.07. The molecule has 1 N–H and O–H groups in total. The third-order valence-electron chi connectivity index (χ3n) is 2.48. The number of nitrogens with zero attached hydrogens (tertiary/aromatic N) is 2. The monoisotopic (exact) mass is 278 g/mol.